The highest BCUT2D eigenvalue weighted by Gasteiger charge is 2.65. The number of allylic oxidation sites excluding steroid dienone is 2. The molecule has 3 saturated carbocycles. The average molecular weight is 919 g/mol. The second-order valence-electron chi connectivity index (χ2n) is 20.5. The van der Waals surface area contributed by atoms with E-state index in [-0.39, 0.29) is 36.0 Å². The summed E-state index contributed by atoms with van der Waals surface area (Å²) >= 11 is 0. The van der Waals surface area contributed by atoms with Gasteiger partial charge >= 0.3 is 0 Å². The van der Waals surface area contributed by atoms with Gasteiger partial charge < -0.3 is 94.8 Å². The van der Waals surface area contributed by atoms with Crippen LogP contribution < -0.4 is 0 Å². The zero-order valence-electron chi connectivity index (χ0n) is 37.3. The van der Waals surface area contributed by atoms with E-state index in [0.29, 0.717) is 38.5 Å². The van der Waals surface area contributed by atoms with E-state index in [4.69, 9.17) is 28.4 Å². The Hall–Kier alpha value is -1.28. The minimum Gasteiger partial charge on any atom is -0.394 e. The van der Waals surface area contributed by atoms with Crippen molar-refractivity contribution in [2.75, 3.05) is 19.8 Å². The van der Waals surface area contributed by atoms with Gasteiger partial charge in [0.15, 0.2) is 18.9 Å². The predicted molar refractivity (Wildman–Crippen MR) is 221 cm³/mol. The maximum absolute atomic E-state index is 11.7. The van der Waals surface area contributed by atoms with E-state index in [9.17, 15) is 66.4 Å². The first-order valence-electron chi connectivity index (χ1n) is 23.1. The van der Waals surface area contributed by atoms with Crippen LogP contribution in [0, 0.1) is 40.4 Å². The van der Waals surface area contributed by atoms with Crippen LogP contribution >= 0.6 is 0 Å². The molecule has 19 heteroatoms. The molecule has 0 bridgehead atoms. The molecule has 4 aliphatic carbocycles. The van der Waals surface area contributed by atoms with Crippen LogP contribution in [-0.4, -0.2) is 203 Å². The maximum Gasteiger partial charge on any atom is 0.187 e. The van der Waals surface area contributed by atoms with Crippen LogP contribution in [0.2, 0.25) is 0 Å². The molecule has 7 rings (SSSR count). The van der Waals surface area contributed by atoms with Crippen molar-refractivity contribution in [3.63, 3.8) is 0 Å². The first kappa shape index (κ1) is 50.6. The SMILES string of the molecule is CC(C)=CC[C@H](O)[C@@H](C)[C@H]1[C@@H](O[C@@H]2O[C@H](CO)[C@@H](O)[C@H](O)[C@H]2O)C[C@H]2[C@@H]3CC=C4C[C@@H](O)C[C@@H](O[C@@H]5O[C@H](CO[C@@H]6O[C@H](CO)[C@H](O)[C@H](O)[C@H]6O)[C@@H](O)[C@H](O)[C@H]5O)[C@]4(C)[C@H]3CCC12C. The van der Waals surface area contributed by atoms with Gasteiger partial charge in [0.25, 0.3) is 0 Å². The van der Waals surface area contributed by atoms with Crippen LogP contribution in [0.5, 0.6) is 0 Å². The molecule has 0 aromatic carbocycles. The van der Waals surface area contributed by atoms with Crippen molar-refractivity contribution in [2.45, 2.75) is 196 Å². The first-order valence-corrected chi connectivity index (χ1v) is 23.1. The van der Waals surface area contributed by atoms with E-state index in [1.165, 1.54) is 0 Å². The van der Waals surface area contributed by atoms with Crippen molar-refractivity contribution in [1.82, 2.24) is 0 Å². The predicted octanol–water partition coefficient (Wildman–Crippen LogP) is -2.31. The van der Waals surface area contributed by atoms with Crippen molar-refractivity contribution in [3.8, 4) is 0 Å². The molecule has 0 amide bonds. The number of hydrogen-bond acceptors (Lipinski definition) is 19. The van der Waals surface area contributed by atoms with E-state index in [0.717, 1.165) is 11.1 Å². The number of aliphatic hydroxyl groups excluding tert-OH is 13. The van der Waals surface area contributed by atoms with E-state index in [1.807, 2.05) is 26.8 Å². The Labute approximate surface area is 373 Å². The third-order valence-electron chi connectivity index (χ3n) is 16.6. The fraction of sp³-hybridized carbons (Fsp3) is 0.911. The van der Waals surface area contributed by atoms with Crippen LogP contribution in [-0.2, 0) is 28.4 Å². The smallest absolute Gasteiger partial charge is 0.187 e. The van der Waals surface area contributed by atoms with Gasteiger partial charge in [0.2, 0.25) is 0 Å². The van der Waals surface area contributed by atoms with Gasteiger partial charge in [-0.1, -0.05) is 44.1 Å². The second-order valence-corrected chi connectivity index (χ2v) is 20.5. The third kappa shape index (κ3) is 9.16. The number of fused-ring (bicyclic) bond motifs is 5. The molecule has 6 fully saturated rings. The molecule has 7 aliphatic rings. The highest BCUT2D eigenvalue weighted by Crippen LogP contribution is 2.68. The molecule has 0 spiro atoms. The lowest BCUT2D eigenvalue weighted by Crippen LogP contribution is -2.63. The van der Waals surface area contributed by atoms with Gasteiger partial charge in [0.05, 0.1) is 44.2 Å². The van der Waals surface area contributed by atoms with Crippen LogP contribution in [0.1, 0.15) is 79.6 Å². The molecule has 368 valence electrons. The molecule has 0 aromatic heterocycles. The Morgan fingerprint density at radius 1 is 0.734 bits per heavy atom. The summed E-state index contributed by atoms with van der Waals surface area (Å²) in [6, 6.07) is 0. The topological polar surface area (TPSA) is 318 Å². The summed E-state index contributed by atoms with van der Waals surface area (Å²) in [6.45, 7) is 8.45. The number of hydrogen-bond donors (Lipinski definition) is 13. The molecule has 0 radical (unpaired) electrons. The zero-order valence-corrected chi connectivity index (χ0v) is 37.3. The van der Waals surface area contributed by atoms with E-state index < -0.39 is 147 Å². The molecule has 26 atom stereocenters. The number of rotatable bonds is 13. The zero-order chi connectivity index (χ0) is 46.7. The summed E-state index contributed by atoms with van der Waals surface area (Å²) in [7, 11) is 0. The molecule has 3 aliphatic heterocycles. The van der Waals surface area contributed by atoms with Gasteiger partial charge in [0.1, 0.15) is 73.2 Å². The van der Waals surface area contributed by atoms with Crippen molar-refractivity contribution < 1.29 is 94.8 Å². The van der Waals surface area contributed by atoms with Gasteiger partial charge in [0, 0.05) is 11.8 Å². The van der Waals surface area contributed by atoms with Crippen LogP contribution in [0.4, 0.5) is 0 Å². The maximum atomic E-state index is 11.7. The van der Waals surface area contributed by atoms with E-state index in [1.54, 1.807) is 0 Å². The molecule has 3 saturated heterocycles. The van der Waals surface area contributed by atoms with Crippen molar-refractivity contribution in [1.29, 1.82) is 0 Å². The lowest BCUT2D eigenvalue weighted by molar-refractivity contribution is -0.342. The summed E-state index contributed by atoms with van der Waals surface area (Å²) in [6.07, 6.45) is -18.3. The Balaban J connectivity index is 1.13. The lowest BCUT2D eigenvalue weighted by atomic mass is 9.46. The van der Waals surface area contributed by atoms with Gasteiger partial charge in [-0.3, -0.25) is 0 Å². The second kappa shape index (κ2) is 20.0. The molecular weight excluding hydrogens is 844 g/mol. The molecule has 3 heterocycles. The Kier molecular flexibility index (Phi) is 15.8. The van der Waals surface area contributed by atoms with Crippen molar-refractivity contribution in [2.24, 2.45) is 40.4 Å². The minimum absolute atomic E-state index is 0.00352. The summed E-state index contributed by atoms with van der Waals surface area (Å²) in [5.41, 5.74) is 0.950. The Morgan fingerprint density at radius 3 is 1.88 bits per heavy atom. The molecular formula is C45H74O19. The fourth-order valence-corrected chi connectivity index (χ4v) is 12.9. The van der Waals surface area contributed by atoms with Crippen LogP contribution in [0.15, 0.2) is 23.3 Å². The fourth-order valence-electron chi connectivity index (χ4n) is 12.9. The number of aliphatic hydroxyl groups is 13. The monoisotopic (exact) mass is 918 g/mol. The van der Waals surface area contributed by atoms with Crippen LogP contribution in [0.25, 0.3) is 0 Å². The van der Waals surface area contributed by atoms with E-state index in [2.05, 4.69) is 19.9 Å². The standard InChI is InChI=1S/C45H74O19/c1-18(2)6-9-25(49)19(3)31-26(60-42-39(57)36(54)33(51)28(16-47)62-42)14-24-22-8-7-20-12-21(48)13-30(45(20,5)23(22)10-11-44(24,31)4)64-43-40(58)37(55)34(52)29(63-43)17-59-41-38(56)35(53)32(50)27(15-46)61-41/h6-7,19,21-43,46-58H,8-17H2,1-5H3/t19-,21-,22-,23+,24+,25+,26+,27-,28-,29-,30-,31+,32+,33-,34-,35+,36+,37+,38-,39-,40-,41-,42-,43+,44?,45+/m1/s1. The van der Waals surface area contributed by atoms with Crippen molar-refractivity contribution in [3.05, 3.63) is 23.3 Å². The van der Waals surface area contributed by atoms with Crippen molar-refractivity contribution >= 4 is 0 Å². The molecule has 1 unspecified atom stereocenters. The quantitative estimate of drug-likeness (QED) is 0.0864. The third-order valence-corrected chi connectivity index (χ3v) is 16.6. The highest BCUT2D eigenvalue weighted by molar-refractivity contribution is 5.28. The summed E-state index contributed by atoms with van der Waals surface area (Å²) in [4.78, 5) is 0. The molecule has 13 N–H and O–H groups in total. The molecule has 64 heavy (non-hydrogen) atoms. The van der Waals surface area contributed by atoms with Crippen LogP contribution in [0.3, 0.4) is 0 Å². The van der Waals surface area contributed by atoms with Gasteiger partial charge in [-0.15, -0.1) is 0 Å². The normalized spacial score (nSPS) is 51.6. The highest BCUT2D eigenvalue weighted by atomic mass is 16.7. The average Bonchev–Trinajstić information content (AvgIpc) is 3.56. The lowest BCUT2D eigenvalue weighted by Gasteiger charge is -2.60. The largest absolute Gasteiger partial charge is 0.394 e. The summed E-state index contributed by atoms with van der Waals surface area (Å²) < 4.78 is 36.3. The Morgan fingerprint density at radius 2 is 1.28 bits per heavy atom. The summed E-state index contributed by atoms with van der Waals surface area (Å²) in [5, 5.41) is 139. The molecule has 0 aromatic rings. The van der Waals surface area contributed by atoms with Gasteiger partial charge in [-0.05, 0) is 87.4 Å². The van der Waals surface area contributed by atoms with E-state index >= 15 is 0 Å². The minimum atomic E-state index is -1.77. The number of ether oxygens (including phenoxy) is 6. The Bertz CT molecular complexity index is 1630. The van der Waals surface area contributed by atoms with Gasteiger partial charge in [-0.2, -0.15) is 0 Å². The first-order chi connectivity index (χ1) is 30.2. The molecule has 19 nitrogen and oxygen atoms in total. The van der Waals surface area contributed by atoms with Gasteiger partial charge in [-0.25, -0.2) is 0 Å². The summed E-state index contributed by atoms with van der Waals surface area (Å²) in [5.74, 6) is -0.518.